The molecule has 0 aromatic rings. The van der Waals surface area contributed by atoms with E-state index in [0.717, 1.165) is 39.1 Å². The lowest BCUT2D eigenvalue weighted by Crippen LogP contribution is -2.26. The van der Waals surface area contributed by atoms with Crippen molar-refractivity contribution in [2.45, 2.75) is 51.0 Å². The van der Waals surface area contributed by atoms with Gasteiger partial charge in [-0.1, -0.05) is 18.9 Å². The number of aliphatic hydroxyl groups excluding tert-OH is 1. The maximum Gasteiger partial charge on any atom is 0.0689 e. The van der Waals surface area contributed by atoms with Gasteiger partial charge in [0.15, 0.2) is 0 Å². The fraction of sp³-hybridized carbons (Fsp3) is 0.867. The highest BCUT2D eigenvalue weighted by atomic mass is 16.5. The Labute approximate surface area is 111 Å². The van der Waals surface area contributed by atoms with E-state index >= 15 is 0 Å². The zero-order valence-electron chi connectivity index (χ0n) is 11.4. The Hall–Kier alpha value is -0.380. The van der Waals surface area contributed by atoms with E-state index in [9.17, 15) is 5.11 Å². The highest BCUT2D eigenvalue weighted by molar-refractivity contribution is 5.06. The summed E-state index contributed by atoms with van der Waals surface area (Å²) >= 11 is 0. The fourth-order valence-electron chi connectivity index (χ4n) is 2.99. The first-order valence-electron chi connectivity index (χ1n) is 7.50. The van der Waals surface area contributed by atoms with Crippen molar-refractivity contribution in [2.75, 3.05) is 26.3 Å². The van der Waals surface area contributed by atoms with Gasteiger partial charge in [-0.15, -0.1) is 0 Å². The van der Waals surface area contributed by atoms with Gasteiger partial charge in [0.25, 0.3) is 0 Å². The van der Waals surface area contributed by atoms with E-state index in [0.29, 0.717) is 5.92 Å². The average molecular weight is 253 g/mol. The van der Waals surface area contributed by atoms with Crippen LogP contribution in [0.25, 0.3) is 0 Å². The fourth-order valence-corrected chi connectivity index (χ4v) is 2.99. The molecule has 0 radical (unpaired) electrons. The molecule has 1 saturated carbocycles. The van der Waals surface area contributed by atoms with Gasteiger partial charge >= 0.3 is 0 Å². The number of hydrogen-bond donors (Lipinski definition) is 2. The summed E-state index contributed by atoms with van der Waals surface area (Å²) in [6, 6.07) is 0. The van der Waals surface area contributed by atoms with Gasteiger partial charge in [0.05, 0.1) is 19.3 Å². The van der Waals surface area contributed by atoms with Crippen LogP contribution in [-0.4, -0.2) is 37.5 Å². The third-order valence-electron chi connectivity index (χ3n) is 4.13. The lowest BCUT2D eigenvalue weighted by molar-refractivity contribution is 0.0643. The second-order valence-electron chi connectivity index (χ2n) is 5.63. The molecule has 2 N–H and O–H groups in total. The monoisotopic (exact) mass is 253 g/mol. The van der Waals surface area contributed by atoms with Gasteiger partial charge in [-0.25, -0.2) is 0 Å². The lowest BCUT2D eigenvalue weighted by Gasteiger charge is -2.27. The Morgan fingerprint density at radius 2 is 2.22 bits per heavy atom. The summed E-state index contributed by atoms with van der Waals surface area (Å²) in [6.45, 7) is 3.70. The number of rotatable bonds is 6. The molecule has 0 amide bonds. The van der Waals surface area contributed by atoms with Crippen LogP contribution in [0, 0.1) is 5.92 Å². The van der Waals surface area contributed by atoms with Crippen LogP contribution in [0.15, 0.2) is 11.6 Å². The Morgan fingerprint density at radius 3 is 3.00 bits per heavy atom. The minimum atomic E-state index is -0.0341. The van der Waals surface area contributed by atoms with Crippen LogP contribution in [0.3, 0.4) is 0 Å². The van der Waals surface area contributed by atoms with Crippen molar-refractivity contribution in [3.63, 3.8) is 0 Å². The molecular formula is C15H27NO2. The van der Waals surface area contributed by atoms with Crippen LogP contribution >= 0.6 is 0 Å². The van der Waals surface area contributed by atoms with E-state index in [1.54, 1.807) is 0 Å². The van der Waals surface area contributed by atoms with Crippen molar-refractivity contribution >= 4 is 0 Å². The van der Waals surface area contributed by atoms with Crippen molar-refractivity contribution in [2.24, 2.45) is 5.92 Å². The maximum atomic E-state index is 9.88. The molecule has 2 aliphatic rings. The summed E-state index contributed by atoms with van der Waals surface area (Å²) < 4.78 is 5.41. The third-order valence-corrected chi connectivity index (χ3v) is 4.13. The van der Waals surface area contributed by atoms with Crippen molar-refractivity contribution in [1.29, 1.82) is 0 Å². The van der Waals surface area contributed by atoms with E-state index < -0.39 is 0 Å². The standard InChI is InChI=1S/C15H27NO2/c17-15-8-2-1-6-14(15)7-3-9-16-11-13-5-4-10-18-12-13/h5,14-17H,1-4,6-12H2. The molecule has 3 nitrogen and oxygen atoms in total. The first-order chi connectivity index (χ1) is 8.86. The first kappa shape index (κ1) is 14.0. The molecule has 2 unspecified atom stereocenters. The molecule has 2 rings (SSSR count). The number of nitrogens with one attached hydrogen (secondary N) is 1. The molecule has 1 aliphatic carbocycles. The second kappa shape index (κ2) is 7.93. The van der Waals surface area contributed by atoms with Gasteiger partial charge in [-0.2, -0.15) is 0 Å². The van der Waals surface area contributed by atoms with Crippen molar-refractivity contribution < 1.29 is 9.84 Å². The summed E-state index contributed by atoms with van der Waals surface area (Å²) in [7, 11) is 0. The van der Waals surface area contributed by atoms with Crippen LogP contribution < -0.4 is 5.32 Å². The van der Waals surface area contributed by atoms with Gasteiger partial charge < -0.3 is 15.2 Å². The smallest absolute Gasteiger partial charge is 0.0689 e. The quantitative estimate of drug-likeness (QED) is 0.563. The van der Waals surface area contributed by atoms with Crippen LogP contribution in [0.4, 0.5) is 0 Å². The van der Waals surface area contributed by atoms with Crippen LogP contribution in [0.1, 0.15) is 44.9 Å². The normalized spacial score (nSPS) is 29.1. The molecule has 1 fully saturated rings. The number of aliphatic hydroxyl groups is 1. The van der Waals surface area contributed by atoms with E-state index in [1.165, 1.54) is 37.7 Å². The van der Waals surface area contributed by atoms with Crippen molar-refractivity contribution in [1.82, 2.24) is 5.32 Å². The van der Waals surface area contributed by atoms with Gasteiger partial charge in [0.2, 0.25) is 0 Å². The highest BCUT2D eigenvalue weighted by Crippen LogP contribution is 2.27. The van der Waals surface area contributed by atoms with E-state index in [-0.39, 0.29) is 6.10 Å². The molecule has 18 heavy (non-hydrogen) atoms. The molecule has 0 saturated heterocycles. The molecule has 2 atom stereocenters. The summed E-state index contributed by atoms with van der Waals surface area (Å²) in [5.74, 6) is 0.553. The van der Waals surface area contributed by atoms with Crippen LogP contribution in [0.2, 0.25) is 0 Å². The summed E-state index contributed by atoms with van der Waals surface area (Å²) in [6.07, 6.45) is 10.4. The van der Waals surface area contributed by atoms with Gasteiger partial charge in [0, 0.05) is 6.54 Å². The Morgan fingerprint density at radius 1 is 1.33 bits per heavy atom. The van der Waals surface area contributed by atoms with Gasteiger partial charge in [0.1, 0.15) is 0 Å². The molecule has 0 bridgehead atoms. The topological polar surface area (TPSA) is 41.5 Å². The molecule has 1 heterocycles. The van der Waals surface area contributed by atoms with E-state index in [2.05, 4.69) is 11.4 Å². The number of hydrogen-bond acceptors (Lipinski definition) is 3. The molecular weight excluding hydrogens is 226 g/mol. The largest absolute Gasteiger partial charge is 0.393 e. The van der Waals surface area contributed by atoms with Crippen molar-refractivity contribution in [3.8, 4) is 0 Å². The third kappa shape index (κ3) is 4.71. The summed E-state index contributed by atoms with van der Waals surface area (Å²) in [5.41, 5.74) is 1.39. The first-order valence-corrected chi connectivity index (χ1v) is 7.50. The summed E-state index contributed by atoms with van der Waals surface area (Å²) in [5, 5.41) is 13.4. The zero-order valence-corrected chi connectivity index (χ0v) is 11.4. The average Bonchev–Trinajstić information content (AvgIpc) is 2.42. The molecule has 0 aromatic carbocycles. The van der Waals surface area contributed by atoms with E-state index in [1.807, 2.05) is 0 Å². The maximum absolute atomic E-state index is 9.88. The second-order valence-corrected chi connectivity index (χ2v) is 5.63. The summed E-state index contributed by atoms with van der Waals surface area (Å²) in [4.78, 5) is 0. The predicted molar refractivity (Wildman–Crippen MR) is 73.6 cm³/mol. The number of ether oxygens (including phenoxy) is 1. The van der Waals surface area contributed by atoms with Gasteiger partial charge in [-0.05, 0) is 50.1 Å². The molecule has 0 aromatic heterocycles. The highest BCUT2D eigenvalue weighted by Gasteiger charge is 2.21. The Kier molecular flexibility index (Phi) is 6.18. The van der Waals surface area contributed by atoms with Crippen LogP contribution in [-0.2, 0) is 4.74 Å². The van der Waals surface area contributed by atoms with Crippen molar-refractivity contribution in [3.05, 3.63) is 11.6 Å². The Bertz CT molecular complexity index is 265. The molecule has 3 heteroatoms. The lowest BCUT2D eigenvalue weighted by atomic mass is 9.83. The molecule has 0 spiro atoms. The molecule has 1 aliphatic heterocycles. The van der Waals surface area contributed by atoms with E-state index in [4.69, 9.17) is 4.74 Å². The Balaban J connectivity index is 1.51. The molecule has 104 valence electrons. The minimum Gasteiger partial charge on any atom is -0.393 e. The van der Waals surface area contributed by atoms with Crippen LogP contribution in [0.5, 0.6) is 0 Å². The predicted octanol–water partition coefficient (Wildman–Crippen LogP) is 2.25. The SMILES string of the molecule is OC1CCCCC1CCCNCC1=CCCOC1. The minimum absolute atomic E-state index is 0.0341. The van der Waals surface area contributed by atoms with Gasteiger partial charge in [-0.3, -0.25) is 0 Å². The zero-order chi connectivity index (χ0) is 12.6.